The fraction of sp³-hybridized carbons (Fsp3) is 0.240. The van der Waals surface area contributed by atoms with Crippen molar-refractivity contribution in [1.82, 2.24) is 9.88 Å². The number of aryl methyl sites for hydroxylation is 2. The molecule has 1 aromatic heterocycles. The van der Waals surface area contributed by atoms with Crippen molar-refractivity contribution >= 4 is 29.3 Å². The van der Waals surface area contributed by atoms with Gasteiger partial charge in [-0.2, -0.15) is 0 Å². The van der Waals surface area contributed by atoms with Gasteiger partial charge in [0, 0.05) is 11.2 Å². The van der Waals surface area contributed by atoms with Crippen molar-refractivity contribution in [1.29, 1.82) is 0 Å². The summed E-state index contributed by atoms with van der Waals surface area (Å²) in [7, 11) is 1.54. The number of halogens is 1. The van der Waals surface area contributed by atoms with Gasteiger partial charge in [0.25, 0.3) is 5.56 Å². The van der Waals surface area contributed by atoms with Crippen LogP contribution in [0.2, 0.25) is 5.02 Å². The van der Waals surface area contributed by atoms with Crippen molar-refractivity contribution in [3.63, 3.8) is 0 Å². The van der Waals surface area contributed by atoms with Gasteiger partial charge in [-0.25, -0.2) is 4.79 Å². The Bertz CT molecular complexity index is 1270. The Hall–Kier alpha value is -3.78. The van der Waals surface area contributed by atoms with Crippen molar-refractivity contribution < 1.29 is 19.4 Å². The third kappa shape index (κ3) is 5.96. The van der Waals surface area contributed by atoms with E-state index < -0.39 is 23.6 Å². The van der Waals surface area contributed by atoms with Crippen molar-refractivity contribution in [2.24, 2.45) is 0 Å². The molecule has 0 fully saturated rings. The normalized spacial score (nSPS) is 11.5. The number of anilines is 1. The number of amides is 2. The summed E-state index contributed by atoms with van der Waals surface area (Å²) in [6.45, 7) is 3.77. The first-order valence-electron chi connectivity index (χ1n) is 10.6. The maximum absolute atomic E-state index is 13.1. The maximum atomic E-state index is 13.1. The highest BCUT2D eigenvalue weighted by Gasteiger charge is 2.20. The molecule has 2 aromatic carbocycles. The van der Waals surface area contributed by atoms with Gasteiger partial charge >= 0.3 is 12.0 Å². The molecule has 9 heteroatoms. The van der Waals surface area contributed by atoms with Gasteiger partial charge in [0.05, 0.1) is 26.1 Å². The van der Waals surface area contributed by atoms with Gasteiger partial charge in [0.1, 0.15) is 11.4 Å². The second-order valence-electron chi connectivity index (χ2n) is 7.88. The summed E-state index contributed by atoms with van der Waals surface area (Å²) in [6.07, 6.45) is 1.31. The highest BCUT2D eigenvalue weighted by atomic mass is 35.5. The number of pyridine rings is 1. The molecule has 2 amide bonds. The molecule has 3 rings (SSSR count). The molecule has 3 aromatic rings. The van der Waals surface area contributed by atoms with Crippen LogP contribution >= 0.6 is 11.6 Å². The molecule has 3 N–H and O–H groups in total. The number of nitrogens with zero attached hydrogens (tertiary/aromatic N) is 1. The fourth-order valence-corrected chi connectivity index (χ4v) is 3.80. The number of ether oxygens (including phenoxy) is 1. The lowest BCUT2D eigenvalue weighted by atomic mass is 10.0. The third-order valence-corrected chi connectivity index (χ3v) is 5.78. The molecule has 178 valence electrons. The quantitative estimate of drug-likeness (QED) is 0.436. The molecule has 34 heavy (non-hydrogen) atoms. The largest absolute Gasteiger partial charge is 0.496 e. The van der Waals surface area contributed by atoms with E-state index in [1.54, 1.807) is 56.6 Å². The van der Waals surface area contributed by atoms with Crippen LogP contribution in [0.15, 0.2) is 59.5 Å². The topological polar surface area (TPSA) is 110 Å². The molecule has 0 bridgehead atoms. The van der Waals surface area contributed by atoms with Crippen LogP contribution < -0.4 is 20.9 Å². The summed E-state index contributed by atoms with van der Waals surface area (Å²) in [5, 5.41) is 15.1. The van der Waals surface area contributed by atoms with E-state index in [0.717, 1.165) is 11.1 Å². The number of nitrogens with one attached hydrogen (secondary N) is 2. The number of methoxy groups -OCH3 is 1. The number of rotatable bonds is 8. The van der Waals surface area contributed by atoms with Crippen molar-refractivity contribution in [3.8, 4) is 5.75 Å². The zero-order chi connectivity index (χ0) is 24.8. The van der Waals surface area contributed by atoms with Crippen LogP contribution in [-0.4, -0.2) is 28.8 Å². The van der Waals surface area contributed by atoms with Crippen LogP contribution in [-0.2, 0) is 11.3 Å². The minimum absolute atomic E-state index is 0.104. The maximum Gasteiger partial charge on any atom is 0.319 e. The highest BCUT2D eigenvalue weighted by molar-refractivity contribution is 6.31. The molecule has 0 saturated heterocycles. The second-order valence-corrected chi connectivity index (χ2v) is 8.28. The molecule has 1 atom stereocenters. The van der Waals surface area contributed by atoms with Crippen LogP contribution in [0.25, 0.3) is 0 Å². The molecular formula is C25H26ClN3O5. The summed E-state index contributed by atoms with van der Waals surface area (Å²) in [4.78, 5) is 37.3. The highest BCUT2D eigenvalue weighted by Crippen LogP contribution is 2.25. The summed E-state index contributed by atoms with van der Waals surface area (Å²) in [5.74, 6) is -0.419. The van der Waals surface area contributed by atoms with Gasteiger partial charge in [-0.15, -0.1) is 0 Å². The number of carbonyl (C=O) groups excluding carboxylic acids is 1. The smallest absolute Gasteiger partial charge is 0.319 e. The fourth-order valence-electron chi connectivity index (χ4n) is 3.60. The predicted molar refractivity (Wildman–Crippen MR) is 131 cm³/mol. The van der Waals surface area contributed by atoms with E-state index >= 15 is 0 Å². The van der Waals surface area contributed by atoms with Gasteiger partial charge in [0.2, 0.25) is 0 Å². The summed E-state index contributed by atoms with van der Waals surface area (Å²) in [5.41, 5.74) is 2.46. The number of aliphatic carboxylic acids is 1. The molecule has 0 radical (unpaired) electrons. The zero-order valence-electron chi connectivity index (χ0n) is 19.1. The van der Waals surface area contributed by atoms with Gasteiger partial charge < -0.3 is 25.0 Å². The van der Waals surface area contributed by atoms with Crippen LogP contribution in [0.5, 0.6) is 5.75 Å². The minimum Gasteiger partial charge on any atom is -0.496 e. The SMILES string of the molecule is COc1ccc([C@H](CC(=O)O)NC(=O)Nc2c(C)ccn(Cc3ccccc3Cl)c2=O)cc1C. The Morgan fingerprint density at radius 2 is 1.85 bits per heavy atom. The molecule has 1 heterocycles. The van der Waals surface area contributed by atoms with Crippen LogP contribution in [0.4, 0.5) is 10.5 Å². The molecule has 0 aliphatic rings. The first-order valence-corrected chi connectivity index (χ1v) is 10.9. The molecule has 0 aliphatic heterocycles. The van der Waals surface area contributed by atoms with Crippen molar-refractivity contribution in [2.45, 2.75) is 32.9 Å². The van der Waals surface area contributed by atoms with Crippen molar-refractivity contribution in [2.75, 3.05) is 12.4 Å². The summed E-state index contributed by atoms with van der Waals surface area (Å²) >= 11 is 6.22. The van der Waals surface area contributed by atoms with Crippen LogP contribution in [0.1, 0.15) is 34.7 Å². The number of urea groups is 1. The Kier molecular flexibility index (Phi) is 7.96. The Balaban J connectivity index is 1.83. The lowest BCUT2D eigenvalue weighted by molar-refractivity contribution is -0.137. The van der Waals surface area contributed by atoms with Crippen molar-refractivity contribution in [3.05, 3.63) is 92.4 Å². The van der Waals surface area contributed by atoms with E-state index in [4.69, 9.17) is 16.3 Å². The molecule has 0 spiro atoms. The summed E-state index contributed by atoms with van der Waals surface area (Å²) in [6, 6.07) is 12.6. The Morgan fingerprint density at radius 1 is 1.12 bits per heavy atom. The van der Waals surface area contributed by atoms with E-state index in [9.17, 15) is 19.5 Å². The minimum atomic E-state index is -1.07. The van der Waals surface area contributed by atoms with E-state index in [-0.39, 0.29) is 18.7 Å². The monoisotopic (exact) mass is 483 g/mol. The van der Waals surface area contributed by atoms with Gasteiger partial charge in [0.15, 0.2) is 0 Å². The van der Waals surface area contributed by atoms with Gasteiger partial charge in [-0.1, -0.05) is 41.9 Å². The third-order valence-electron chi connectivity index (χ3n) is 5.42. The number of benzene rings is 2. The summed E-state index contributed by atoms with van der Waals surface area (Å²) < 4.78 is 6.70. The standard InChI is InChI=1S/C25H26ClN3O5/c1-15-10-11-29(14-18-6-4-5-7-19(18)26)24(32)23(15)28-25(33)27-20(13-22(30)31)17-8-9-21(34-3)16(2)12-17/h4-12,20H,13-14H2,1-3H3,(H,30,31)(H2,27,28,33)/t20-/m0/s1. The first kappa shape index (κ1) is 24.9. The lowest BCUT2D eigenvalue weighted by Crippen LogP contribution is -2.36. The number of carboxylic acids is 1. The Morgan fingerprint density at radius 3 is 2.50 bits per heavy atom. The van der Waals surface area contributed by atoms with E-state index in [1.807, 2.05) is 19.1 Å². The second kappa shape index (κ2) is 10.9. The molecule has 0 saturated carbocycles. The number of carboxylic acid groups (broad SMARTS) is 1. The van der Waals surface area contributed by atoms with E-state index in [1.165, 1.54) is 4.57 Å². The average Bonchev–Trinajstić information content (AvgIpc) is 2.79. The van der Waals surface area contributed by atoms with Gasteiger partial charge in [-0.05, 0) is 54.3 Å². The molecular weight excluding hydrogens is 458 g/mol. The first-order chi connectivity index (χ1) is 16.2. The van der Waals surface area contributed by atoms with E-state index in [2.05, 4.69) is 10.6 Å². The number of hydrogen-bond donors (Lipinski definition) is 3. The molecule has 0 unspecified atom stereocenters. The molecule has 8 nitrogen and oxygen atoms in total. The molecule has 0 aliphatic carbocycles. The van der Waals surface area contributed by atoms with Gasteiger partial charge in [-0.3, -0.25) is 9.59 Å². The lowest BCUT2D eigenvalue weighted by Gasteiger charge is -2.20. The van der Waals surface area contributed by atoms with E-state index in [0.29, 0.717) is 21.9 Å². The predicted octanol–water partition coefficient (Wildman–Crippen LogP) is 4.51. The number of hydrogen-bond acceptors (Lipinski definition) is 4. The Labute approximate surface area is 202 Å². The van der Waals surface area contributed by atoms with Crippen LogP contribution in [0, 0.1) is 13.8 Å². The van der Waals surface area contributed by atoms with Crippen LogP contribution in [0.3, 0.4) is 0 Å². The zero-order valence-corrected chi connectivity index (χ0v) is 19.8. The average molecular weight is 484 g/mol. The number of carbonyl (C=O) groups is 2. The number of aromatic nitrogens is 1.